The highest BCUT2D eigenvalue weighted by Gasteiger charge is 2.12. The van der Waals surface area contributed by atoms with Gasteiger partial charge in [-0.2, -0.15) is 0 Å². The molecule has 0 aliphatic heterocycles. The quantitative estimate of drug-likeness (QED) is 0.823. The van der Waals surface area contributed by atoms with Gasteiger partial charge in [0.05, 0.1) is 0 Å². The highest BCUT2D eigenvalue weighted by molar-refractivity contribution is 9.10. The second-order valence-corrected chi connectivity index (χ2v) is 4.20. The lowest BCUT2D eigenvalue weighted by atomic mass is 10.3. The second-order valence-electron chi connectivity index (χ2n) is 3.38. The standard InChI is InChI=1S/C10H15BrN4O/c1-4-12-10(16)6(2)13-9-5-8(11)14-7(3)15-9/h5-6H,4H2,1-3H3,(H,12,16)(H,13,14,15). The predicted octanol–water partition coefficient (Wildman–Crippen LogP) is 1.48. The van der Waals surface area contributed by atoms with E-state index in [4.69, 9.17) is 0 Å². The number of aromatic nitrogens is 2. The van der Waals surface area contributed by atoms with E-state index in [1.165, 1.54) is 0 Å². The van der Waals surface area contributed by atoms with E-state index in [0.717, 1.165) is 0 Å². The van der Waals surface area contributed by atoms with Gasteiger partial charge in [0.2, 0.25) is 5.91 Å². The maximum atomic E-state index is 11.5. The van der Waals surface area contributed by atoms with Crippen LogP contribution in [0, 0.1) is 6.92 Å². The molecule has 6 heteroatoms. The molecule has 0 aromatic carbocycles. The molecule has 88 valence electrons. The van der Waals surface area contributed by atoms with Crippen molar-refractivity contribution in [2.24, 2.45) is 0 Å². The van der Waals surface area contributed by atoms with Crippen molar-refractivity contribution in [1.29, 1.82) is 0 Å². The van der Waals surface area contributed by atoms with E-state index in [9.17, 15) is 4.79 Å². The molecule has 1 aromatic heterocycles. The lowest BCUT2D eigenvalue weighted by Crippen LogP contribution is -2.37. The van der Waals surface area contributed by atoms with Crippen LogP contribution >= 0.6 is 15.9 Å². The zero-order valence-corrected chi connectivity index (χ0v) is 11.1. The number of rotatable bonds is 4. The van der Waals surface area contributed by atoms with Crippen molar-refractivity contribution in [1.82, 2.24) is 15.3 Å². The number of hydrogen-bond acceptors (Lipinski definition) is 4. The highest BCUT2D eigenvalue weighted by Crippen LogP contribution is 2.12. The predicted molar refractivity (Wildman–Crippen MR) is 66.2 cm³/mol. The summed E-state index contributed by atoms with van der Waals surface area (Å²) < 4.78 is 0.700. The van der Waals surface area contributed by atoms with Crippen LogP contribution in [-0.2, 0) is 4.79 Å². The maximum Gasteiger partial charge on any atom is 0.242 e. The maximum absolute atomic E-state index is 11.5. The first kappa shape index (κ1) is 12.9. The number of nitrogens with one attached hydrogen (secondary N) is 2. The fraction of sp³-hybridized carbons (Fsp3) is 0.500. The average Bonchev–Trinajstić information content (AvgIpc) is 2.16. The van der Waals surface area contributed by atoms with Crippen LogP contribution in [0.5, 0.6) is 0 Å². The molecule has 0 radical (unpaired) electrons. The molecule has 1 heterocycles. The molecule has 1 aromatic rings. The van der Waals surface area contributed by atoms with Gasteiger partial charge in [-0.15, -0.1) is 0 Å². The molecule has 16 heavy (non-hydrogen) atoms. The molecular weight excluding hydrogens is 272 g/mol. The molecule has 0 spiro atoms. The molecule has 1 amide bonds. The van der Waals surface area contributed by atoms with Gasteiger partial charge >= 0.3 is 0 Å². The Kier molecular flexibility index (Phi) is 4.67. The molecule has 0 fully saturated rings. The van der Waals surface area contributed by atoms with Crippen molar-refractivity contribution in [3.05, 3.63) is 16.5 Å². The van der Waals surface area contributed by atoms with Crippen LogP contribution in [0.4, 0.5) is 5.82 Å². The van der Waals surface area contributed by atoms with Crippen LogP contribution < -0.4 is 10.6 Å². The summed E-state index contributed by atoms with van der Waals surface area (Å²) in [4.78, 5) is 19.8. The van der Waals surface area contributed by atoms with Gasteiger partial charge in [-0.05, 0) is 36.7 Å². The average molecular weight is 287 g/mol. The van der Waals surface area contributed by atoms with Crippen molar-refractivity contribution in [2.75, 3.05) is 11.9 Å². The number of anilines is 1. The summed E-state index contributed by atoms with van der Waals surface area (Å²) in [6, 6.07) is 1.42. The first-order valence-corrected chi connectivity index (χ1v) is 5.87. The first-order chi connectivity index (χ1) is 7.52. The highest BCUT2D eigenvalue weighted by atomic mass is 79.9. The number of halogens is 1. The zero-order valence-electron chi connectivity index (χ0n) is 9.54. The third-order valence-corrected chi connectivity index (χ3v) is 2.32. The molecule has 1 unspecified atom stereocenters. The molecule has 0 saturated carbocycles. The van der Waals surface area contributed by atoms with Crippen LogP contribution in [0.1, 0.15) is 19.7 Å². The van der Waals surface area contributed by atoms with Gasteiger partial charge in [-0.3, -0.25) is 4.79 Å². The minimum absolute atomic E-state index is 0.0464. The van der Waals surface area contributed by atoms with Crippen molar-refractivity contribution in [3.8, 4) is 0 Å². The lowest BCUT2D eigenvalue weighted by Gasteiger charge is -2.14. The minimum Gasteiger partial charge on any atom is -0.358 e. The molecular formula is C10H15BrN4O. The third kappa shape index (κ3) is 3.77. The van der Waals surface area contributed by atoms with Gasteiger partial charge in [0, 0.05) is 12.6 Å². The molecule has 5 nitrogen and oxygen atoms in total. The van der Waals surface area contributed by atoms with Crippen LogP contribution in [-0.4, -0.2) is 28.5 Å². The van der Waals surface area contributed by atoms with Crippen LogP contribution in [0.3, 0.4) is 0 Å². The molecule has 1 rings (SSSR count). The summed E-state index contributed by atoms with van der Waals surface area (Å²) in [6.45, 7) is 6.09. The fourth-order valence-electron chi connectivity index (χ4n) is 1.22. The number of likely N-dealkylation sites (N-methyl/N-ethyl adjacent to an activating group) is 1. The Balaban J connectivity index is 2.69. The summed E-state index contributed by atoms with van der Waals surface area (Å²) in [5, 5.41) is 5.75. The molecule has 0 bridgehead atoms. The lowest BCUT2D eigenvalue weighted by molar-refractivity contribution is -0.121. The monoisotopic (exact) mass is 286 g/mol. The number of nitrogens with zero attached hydrogens (tertiary/aromatic N) is 2. The van der Waals surface area contributed by atoms with Gasteiger partial charge in [0.15, 0.2) is 0 Å². The molecule has 0 saturated heterocycles. The number of amides is 1. The SMILES string of the molecule is CCNC(=O)C(C)Nc1cc(Br)nc(C)n1. The zero-order chi connectivity index (χ0) is 12.1. The fourth-order valence-corrected chi connectivity index (χ4v) is 1.69. The van der Waals surface area contributed by atoms with Gasteiger partial charge in [-0.1, -0.05) is 0 Å². The first-order valence-electron chi connectivity index (χ1n) is 5.08. The van der Waals surface area contributed by atoms with Crippen molar-refractivity contribution in [3.63, 3.8) is 0 Å². The van der Waals surface area contributed by atoms with E-state index in [1.54, 1.807) is 19.9 Å². The van der Waals surface area contributed by atoms with Crippen molar-refractivity contribution in [2.45, 2.75) is 26.8 Å². The summed E-state index contributed by atoms with van der Waals surface area (Å²) in [7, 11) is 0. The van der Waals surface area contributed by atoms with Crippen molar-refractivity contribution >= 4 is 27.7 Å². The van der Waals surface area contributed by atoms with E-state index < -0.39 is 0 Å². The normalized spacial score (nSPS) is 12.0. The van der Waals surface area contributed by atoms with Crippen LogP contribution in [0.25, 0.3) is 0 Å². The summed E-state index contributed by atoms with van der Waals surface area (Å²) in [6.07, 6.45) is 0. The Morgan fingerprint density at radius 1 is 1.56 bits per heavy atom. The smallest absolute Gasteiger partial charge is 0.242 e. The van der Waals surface area contributed by atoms with Crippen LogP contribution in [0.2, 0.25) is 0 Å². The van der Waals surface area contributed by atoms with Gasteiger partial charge in [-0.25, -0.2) is 9.97 Å². The van der Waals surface area contributed by atoms with E-state index in [0.29, 0.717) is 22.8 Å². The van der Waals surface area contributed by atoms with Gasteiger partial charge in [0.25, 0.3) is 0 Å². The molecule has 0 aliphatic carbocycles. The number of carbonyl (C=O) groups is 1. The minimum atomic E-state index is -0.318. The Morgan fingerprint density at radius 3 is 2.81 bits per heavy atom. The summed E-state index contributed by atoms with van der Waals surface area (Å²) in [5.74, 6) is 1.24. The largest absolute Gasteiger partial charge is 0.358 e. The Labute approximate surface area is 103 Å². The molecule has 0 aliphatic rings. The Bertz CT molecular complexity index is 363. The van der Waals surface area contributed by atoms with Gasteiger partial charge in [0.1, 0.15) is 22.3 Å². The van der Waals surface area contributed by atoms with E-state index in [2.05, 4.69) is 36.5 Å². The Morgan fingerprint density at radius 2 is 2.25 bits per heavy atom. The molecule has 1 atom stereocenters. The number of carbonyl (C=O) groups excluding carboxylic acids is 1. The van der Waals surface area contributed by atoms with Gasteiger partial charge < -0.3 is 10.6 Å². The van der Waals surface area contributed by atoms with Crippen molar-refractivity contribution < 1.29 is 4.79 Å². The number of aryl methyl sites for hydroxylation is 1. The third-order valence-electron chi connectivity index (χ3n) is 1.92. The van der Waals surface area contributed by atoms with E-state index >= 15 is 0 Å². The Hall–Kier alpha value is -1.17. The van der Waals surface area contributed by atoms with Crippen LogP contribution in [0.15, 0.2) is 10.7 Å². The topological polar surface area (TPSA) is 66.9 Å². The second kappa shape index (κ2) is 5.79. The molecule has 2 N–H and O–H groups in total. The number of hydrogen-bond donors (Lipinski definition) is 2. The summed E-state index contributed by atoms with van der Waals surface area (Å²) in [5.41, 5.74) is 0. The summed E-state index contributed by atoms with van der Waals surface area (Å²) >= 11 is 3.28. The van der Waals surface area contributed by atoms with E-state index in [1.807, 2.05) is 6.92 Å². The van der Waals surface area contributed by atoms with E-state index in [-0.39, 0.29) is 11.9 Å².